The predicted octanol–water partition coefficient (Wildman–Crippen LogP) is 20.5. The Balaban J connectivity index is 4.31. The van der Waals surface area contributed by atoms with E-state index in [1.807, 2.05) is 0 Å². The number of unbranched alkanes of at least 4 members (excludes halogenated alkanes) is 32. The van der Waals surface area contributed by atoms with Crippen molar-refractivity contribution in [2.24, 2.45) is 0 Å². The number of hydrogen-bond acceptors (Lipinski definition) is 6. The Hall–Kier alpha value is -3.15. The van der Waals surface area contributed by atoms with Gasteiger partial charge in [0.05, 0.1) is 0 Å². The number of carbonyl (C=O) groups excluding carboxylic acids is 3. The van der Waals surface area contributed by atoms with E-state index in [1.165, 1.54) is 154 Å². The average molecular weight is 992 g/mol. The van der Waals surface area contributed by atoms with Crippen molar-refractivity contribution in [3.05, 3.63) is 72.9 Å². The molecule has 1 unspecified atom stereocenters. The van der Waals surface area contributed by atoms with E-state index in [-0.39, 0.29) is 31.1 Å². The van der Waals surface area contributed by atoms with Crippen LogP contribution in [-0.2, 0) is 28.6 Å². The third-order valence-electron chi connectivity index (χ3n) is 13.1. The molecule has 0 aromatic heterocycles. The quantitative estimate of drug-likeness (QED) is 0.0261. The zero-order chi connectivity index (χ0) is 51.4. The molecule has 410 valence electrons. The van der Waals surface area contributed by atoms with Gasteiger partial charge in [-0.25, -0.2) is 0 Å². The van der Waals surface area contributed by atoms with Crippen LogP contribution < -0.4 is 0 Å². The standard InChI is InChI=1S/C65H114O6/c1-4-7-10-13-16-19-22-25-27-28-29-30-31-32-33-34-35-36-38-40-43-46-49-52-55-58-64(67)70-61-62(60-69-63(66)57-54-51-48-45-42-39-24-21-18-15-12-9-6-3)71-65(68)59-56-53-50-47-44-41-37-26-23-20-17-14-11-8-5-2/h12,15,21-22,24-26,28-29,31-32,37,62H,4-11,13-14,16-20,23,27,30,33-36,38-61H2,1-3H3/b15-12-,24-21-,25-22-,29-28-,32-31-,37-26-. The normalized spacial score (nSPS) is 12.5. The van der Waals surface area contributed by atoms with Crippen molar-refractivity contribution in [3.8, 4) is 0 Å². The molecule has 0 saturated heterocycles. The first-order chi connectivity index (χ1) is 35.0. The number of carbonyl (C=O) groups is 3. The first-order valence-electron chi connectivity index (χ1n) is 30.4. The fourth-order valence-corrected chi connectivity index (χ4v) is 8.54. The maximum absolute atomic E-state index is 12.9. The van der Waals surface area contributed by atoms with Gasteiger partial charge in [-0.05, 0) is 109 Å². The summed E-state index contributed by atoms with van der Waals surface area (Å²) in [4.78, 5) is 38.2. The summed E-state index contributed by atoms with van der Waals surface area (Å²) in [5, 5.41) is 0. The van der Waals surface area contributed by atoms with E-state index in [9.17, 15) is 14.4 Å². The minimum atomic E-state index is -0.787. The lowest BCUT2D eigenvalue weighted by Gasteiger charge is -2.18. The van der Waals surface area contributed by atoms with Crippen LogP contribution in [0.4, 0.5) is 0 Å². The van der Waals surface area contributed by atoms with Crippen LogP contribution >= 0.6 is 0 Å². The van der Waals surface area contributed by atoms with Gasteiger partial charge < -0.3 is 14.2 Å². The van der Waals surface area contributed by atoms with Gasteiger partial charge in [0.15, 0.2) is 6.10 Å². The van der Waals surface area contributed by atoms with Crippen LogP contribution in [0.5, 0.6) is 0 Å². The molecule has 0 fully saturated rings. The highest BCUT2D eigenvalue weighted by atomic mass is 16.6. The molecule has 1 atom stereocenters. The summed E-state index contributed by atoms with van der Waals surface area (Å²) in [6, 6.07) is 0. The molecule has 71 heavy (non-hydrogen) atoms. The van der Waals surface area contributed by atoms with E-state index < -0.39 is 6.10 Å². The number of rotatable bonds is 55. The molecule has 0 aromatic rings. The Morgan fingerprint density at radius 1 is 0.282 bits per heavy atom. The molecular formula is C65H114O6. The van der Waals surface area contributed by atoms with Gasteiger partial charge in [-0.15, -0.1) is 0 Å². The Morgan fingerprint density at radius 3 is 0.859 bits per heavy atom. The lowest BCUT2D eigenvalue weighted by atomic mass is 10.1. The van der Waals surface area contributed by atoms with Gasteiger partial charge in [0.2, 0.25) is 0 Å². The topological polar surface area (TPSA) is 78.9 Å². The van der Waals surface area contributed by atoms with E-state index in [4.69, 9.17) is 14.2 Å². The molecule has 0 aliphatic rings. The molecule has 0 aliphatic heterocycles. The van der Waals surface area contributed by atoms with Gasteiger partial charge in [-0.2, -0.15) is 0 Å². The molecule has 0 aromatic carbocycles. The fourth-order valence-electron chi connectivity index (χ4n) is 8.54. The van der Waals surface area contributed by atoms with Crippen LogP contribution in [0.1, 0.15) is 303 Å². The molecule has 0 N–H and O–H groups in total. The van der Waals surface area contributed by atoms with E-state index in [0.29, 0.717) is 19.3 Å². The second-order valence-electron chi connectivity index (χ2n) is 20.2. The van der Waals surface area contributed by atoms with Crippen LogP contribution in [0, 0.1) is 0 Å². The monoisotopic (exact) mass is 991 g/mol. The number of allylic oxidation sites excluding steroid dienone is 12. The van der Waals surface area contributed by atoms with Crippen LogP contribution in [0.2, 0.25) is 0 Å². The third kappa shape index (κ3) is 57.6. The zero-order valence-electron chi connectivity index (χ0n) is 47.0. The molecule has 0 rings (SSSR count). The molecule has 0 spiro atoms. The molecule has 0 aliphatic carbocycles. The molecule has 0 saturated carbocycles. The van der Waals surface area contributed by atoms with Crippen LogP contribution in [0.3, 0.4) is 0 Å². The number of esters is 3. The van der Waals surface area contributed by atoms with E-state index in [1.54, 1.807) is 0 Å². The molecule has 6 nitrogen and oxygen atoms in total. The van der Waals surface area contributed by atoms with Crippen molar-refractivity contribution in [3.63, 3.8) is 0 Å². The second kappa shape index (κ2) is 59.4. The summed E-state index contributed by atoms with van der Waals surface area (Å²) >= 11 is 0. The molecule has 0 bridgehead atoms. The van der Waals surface area contributed by atoms with Gasteiger partial charge in [0.25, 0.3) is 0 Å². The average Bonchev–Trinajstić information content (AvgIpc) is 3.37. The summed E-state index contributed by atoms with van der Waals surface area (Å²) in [6.45, 7) is 6.56. The molecule has 0 amide bonds. The predicted molar refractivity (Wildman–Crippen MR) is 307 cm³/mol. The Labute approximate surface area is 440 Å². The molecule has 6 heteroatoms. The summed E-state index contributed by atoms with van der Waals surface area (Å²) in [6.07, 6.45) is 76.1. The Bertz CT molecular complexity index is 1320. The number of ether oxygens (including phenoxy) is 3. The van der Waals surface area contributed by atoms with Crippen molar-refractivity contribution in [2.75, 3.05) is 13.2 Å². The van der Waals surface area contributed by atoms with Crippen LogP contribution in [0.15, 0.2) is 72.9 Å². The maximum atomic E-state index is 12.9. The highest BCUT2D eigenvalue weighted by Crippen LogP contribution is 2.15. The van der Waals surface area contributed by atoms with Crippen molar-refractivity contribution in [2.45, 2.75) is 309 Å². The minimum Gasteiger partial charge on any atom is -0.462 e. The van der Waals surface area contributed by atoms with E-state index >= 15 is 0 Å². The largest absolute Gasteiger partial charge is 0.462 e. The van der Waals surface area contributed by atoms with Crippen molar-refractivity contribution >= 4 is 17.9 Å². The molecule has 0 radical (unpaired) electrons. The van der Waals surface area contributed by atoms with Crippen molar-refractivity contribution < 1.29 is 28.6 Å². The summed E-state index contributed by atoms with van der Waals surface area (Å²) in [5.74, 6) is -0.902. The fraction of sp³-hybridized carbons (Fsp3) is 0.769. The van der Waals surface area contributed by atoms with E-state index in [2.05, 4.69) is 93.7 Å². The zero-order valence-corrected chi connectivity index (χ0v) is 47.0. The lowest BCUT2D eigenvalue weighted by molar-refractivity contribution is -0.167. The summed E-state index contributed by atoms with van der Waals surface area (Å²) in [5.41, 5.74) is 0. The van der Waals surface area contributed by atoms with Gasteiger partial charge >= 0.3 is 17.9 Å². The van der Waals surface area contributed by atoms with Gasteiger partial charge in [0.1, 0.15) is 13.2 Å². The Kier molecular flexibility index (Phi) is 56.8. The first-order valence-corrected chi connectivity index (χ1v) is 30.4. The van der Waals surface area contributed by atoms with Crippen molar-refractivity contribution in [1.29, 1.82) is 0 Å². The van der Waals surface area contributed by atoms with Gasteiger partial charge in [-0.3, -0.25) is 14.4 Å². The number of hydrogen-bond donors (Lipinski definition) is 0. The Morgan fingerprint density at radius 2 is 0.535 bits per heavy atom. The van der Waals surface area contributed by atoms with Gasteiger partial charge in [-0.1, -0.05) is 248 Å². The first kappa shape index (κ1) is 67.8. The highest BCUT2D eigenvalue weighted by Gasteiger charge is 2.19. The third-order valence-corrected chi connectivity index (χ3v) is 13.1. The van der Waals surface area contributed by atoms with Crippen LogP contribution in [-0.4, -0.2) is 37.2 Å². The highest BCUT2D eigenvalue weighted by molar-refractivity contribution is 5.71. The van der Waals surface area contributed by atoms with Gasteiger partial charge in [0, 0.05) is 19.3 Å². The smallest absolute Gasteiger partial charge is 0.306 e. The summed E-state index contributed by atoms with van der Waals surface area (Å²) in [7, 11) is 0. The summed E-state index contributed by atoms with van der Waals surface area (Å²) < 4.78 is 16.9. The second-order valence-corrected chi connectivity index (χ2v) is 20.2. The van der Waals surface area contributed by atoms with E-state index in [0.717, 1.165) is 109 Å². The molecule has 0 heterocycles. The maximum Gasteiger partial charge on any atom is 0.306 e. The SMILES string of the molecule is CCC/C=C\C/C=C\CCCCCCCC(=O)OCC(COC(=O)CCCCCCCCCCCC/C=C\C/C=C\C/C=C\CCCCCCC)OC(=O)CCCCCCC/C=C\CCCCCCCC. The minimum absolute atomic E-state index is 0.0845. The van der Waals surface area contributed by atoms with Crippen molar-refractivity contribution in [1.82, 2.24) is 0 Å². The van der Waals surface area contributed by atoms with Crippen LogP contribution in [0.25, 0.3) is 0 Å². The molecular weight excluding hydrogens is 877 g/mol. The lowest BCUT2D eigenvalue weighted by Crippen LogP contribution is -2.30.